The summed E-state index contributed by atoms with van der Waals surface area (Å²) >= 11 is 0. The molecule has 4 rings (SSSR count). The highest BCUT2D eigenvalue weighted by molar-refractivity contribution is 6.16. The molecule has 4 aromatic rings. The predicted molar refractivity (Wildman–Crippen MR) is 110 cm³/mol. The number of amides is 2. The van der Waals surface area contributed by atoms with Crippen LogP contribution in [-0.4, -0.2) is 22.8 Å². The molecule has 3 N–H and O–H groups in total. The third-order valence-electron chi connectivity index (χ3n) is 4.75. The van der Waals surface area contributed by atoms with Gasteiger partial charge in [-0.2, -0.15) is 0 Å². The molecule has 0 fully saturated rings. The van der Waals surface area contributed by atoms with Crippen LogP contribution >= 0.6 is 0 Å². The van der Waals surface area contributed by atoms with Gasteiger partial charge in [0.2, 0.25) is 5.91 Å². The summed E-state index contributed by atoms with van der Waals surface area (Å²) in [4.78, 5) is 29.9. The minimum Gasteiger partial charge on any atom is -0.368 e. The largest absolute Gasteiger partial charge is 0.368 e. The van der Waals surface area contributed by atoms with E-state index >= 15 is 0 Å². The van der Waals surface area contributed by atoms with E-state index in [1.807, 2.05) is 78.9 Å². The van der Waals surface area contributed by atoms with Gasteiger partial charge < -0.3 is 11.1 Å². The molecule has 1 heterocycles. The highest BCUT2D eigenvalue weighted by Gasteiger charge is 2.22. The molecule has 0 aliphatic rings. The van der Waals surface area contributed by atoms with Crippen molar-refractivity contribution in [3.63, 3.8) is 0 Å². The van der Waals surface area contributed by atoms with E-state index in [1.54, 1.807) is 0 Å². The topological polar surface area (TPSA) is 85.1 Å². The highest BCUT2D eigenvalue weighted by Crippen LogP contribution is 2.26. The summed E-state index contributed by atoms with van der Waals surface area (Å²) < 4.78 is 0. The molecular weight excluding hydrogens is 350 g/mol. The molecule has 5 nitrogen and oxygen atoms in total. The molecule has 2 amide bonds. The molecule has 0 bridgehead atoms. The summed E-state index contributed by atoms with van der Waals surface area (Å²) in [7, 11) is 0. The number of hydrogen-bond acceptors (Lipinski definition) is 3. The number of fused-ring (bicyclic) bond motifs is 2. The van der Waals surface area contributed by atoms with Gasteiger partial charge in [-0.3, -0.25) is 9.59 Å². The van der Waals surface area contributed by atoms with Crippen LogP contribution in [0.15, 0.2) is 78.9 Å². The molecule has 5 heteroatoms. The first-order chi connectivity index (χ1) is 13.6. The van der Waals surface area contributed by atoms with Crippen LogP contribution in [0.5, 0.6) is 0 Å². The van der Waals surface area contributed by atoms with Crippen molar-refractivity contribution in [2.45, 2.75) is 12.5 Å². The van der Waals surface area contributed by atoms with Crippen LogP contribution in [0.1, 0.15) is 15.9 Å². The summed E-state index contributed by atoms with van der Waals surface area (Å²) in [5, 5.41) is 4.30. The number of rotatable bonds is 5. The van der Waals surface area contributed by atoms with Crippen molar-refractivity contribution in [3.8, 4) is 0 Å². The van der Waals surface area contributed by atoms with Crippen molar-refractivity contribution >= 4 is 33.6 Å². The third-order valence-corrected chi connectivity index (χ3v) is 4.75. The number of para-hydroxylation sites is 2. The minimum atomic E-state index is -0.805. The number of carbonyl (C=O) groups is 2. The van der Waals surface area contributed by atoms with Crippen molar-refractivity contribution < 1.29 is 9.59 Å². The van der Waals surface area contributed by atoms with Gasteiger partial charge in [0.1, 0.15) is 6.04 Å². The summed E-state index contributed by atoms with van der Waals surface area (Å²) in [6.45, 7) is 0. The first-order valence-corrected chi connectivity index (χ1v) is 9.05. The molecule has 28 heavy (non-hydrogen) atoms. The number of benzene rings is 3. The van der Waals surface area contributed by atoms with Crippen LogP contribution in [0.2, 0.25) is 0 Å². The molecule has 0 saturated carbocycles. The fraction of sp³-hybridized carbons (Fsp3) is 0.0870. The van der Waals surface area contributed by atoms with Gasteiger partial charge in [0.25, 0.3) is 5.91 Å². The summed E-state index contributed by atoms with van der Waals surface area (Å²) in [6.07, 6.45) is 0.336. The Labute approximate surface area is 162 Å². The van der Waals surface area contributed by atoms with Crippen molar-refractivity contribution in [1.82, 2.24) is 10.3 Å². The zero-order valence-electron chi connectivity index (χ0n) is 15.1. The molecule has 0 unspecified atom stereocenters. The Bertz CT molecular complexity index is 1120. The predicted octanol–water partition coefficient (Wildman–Crippen LogP) is 3.21. The average Bonchev–Trinajstić information content (AvgIpc) is 2.72. The lowest BCUT2D eigenvalue weighted by molar-refractivity contribution is -0.119. The number of nitrogens with one attached hydrogen (secondary N) is 1. The summed E-state index contributed by atoms with van der Waals surface area (Å²) in [5.74, 6) is -0.908. The number of nitrogens with two attached hydrogens (primary N) is 1. The minimum absolute atomic E-state index is 0.336. The third kappa shape index (κ3) is 3.42. The molecule has 0 aliphatic carbocycles. The van der Waals surface area contributed by atoms with E-state index in [9.17, 15) is 9.59 Å². The first-order valence-electron chi connectivity index (χ1n) is 9.05. The Kier molecular flexibility index (Phi) is 4.72. The van der Waals surface area contributed by atoms with Gasteiger partial charge in [0.15, 0.2) is 0 Å². The van der Waals surface area contributed by atoms with Crippen LogP contribution in [0.3, 0.4) is 0 Å². The molecular formula is C23H19N3O2. The van der Waals surface area contributed by atoms with Crippen molar-refractivity contribution in [2.24, 2.45) is 5.73 Å². The second-order valence-corrected chi connectivity index (χ2v) is 6.64. The molecule has 0 spiro atoms. The maximum atomic E-state index is 13.2. The highest BCUT2D eigenvalue weighted by atomic mass is 16.2. The SMILES string of the molecule is NC(=O)[C@@H](Cc1ccccc1)NC(=O)c1c2ccccc2nc2ccccc12. The van der Waals surface area contributed by atoms with Crippen LogP contribution in [0, 0.1) is 0 Å². The molecule has 0 radical (unpaired) electrons. The molecule has 1 atom stereocenters. The van der Waals surface area contributed by atoms with Crippen LogP contribution in [0.25, 0.3) is 21.8 Å². The Morgan fingerprint density at radius 2 is 1.36 bits per heavy atom. The lowest BCUT2D eigenvalue weighted by Crippen LogP contribution is -2.46. The Morgan fingerprint density at radius 3 is 1.93 bits per heavy atom. The number of nitrogens with zero attached hydrogens (tertiary/aromatic N) is 1. The second kappa shape index (κ2) is 7.48. The summed E-state index contributed by atoms with van der Waals surface area (Å²) in [5.41, 5.74) is 8.45. The quantitative estimate of drug-likeness (QED) is 0.530. The van der Waals surface area contributed by atoms with Crippen LogP contribution in [0.4, 0.5) is 0 Å². The van der Waals surface area contributed by atoms with Gasteiger partial charge >= 0.3 is 0 Å². The van der Waals surface area contributed by atoms with Gasteiger partial charge in [-0.15, -0.1) is 0 Å². The fourth-order valence-corrected chi connectivity index (χ4v) is 3.39. The number of hydrogen-bond donors (Lipinski definition) is 2. The van der Waals surface area contributed by atoms with E-state index in [0.29, 0.717) is 12.0 Å². The van der Waals surface area contributed by atoms with Crippen molar-refractivity contribution in [3.05, 3.63) is 90.0 Å². The fourth-order valence-electron chi connectivity index (χ4n) is 3.39. The Balaban J connectivity index is 1.75. The zero-order valence-corrected chi connectivity index (χ0v) is 15.1. The van der Waals surface area contributed by atoms with E-state index in [2.05, 4.69) is 10.3 Å². The zero-order chi connectivity index (χ0) is 19.5. The van der Waals surface area contributed by atoms with E-state index in [1.165, 1.54) is 0 Å². The maximum absolute atomic E-state index is 13.2. The van der Waals surface area contributed by atoms with Gasteiger partial charge in [-0.05, 0) is 17.7 Å². The molecule has 0 aliphatic heterocycles. The number of aromatic nitrogens is 1. The molecule has 1 aromatic heterocycles. The second-order valence-electron chi connectivity index (χ2n) is 6.64. The molecule has 138 valence electrons. The summed E-state index contributed by atoms with van der Waals surface area (Å²) in [6, 6.07) is 23.6. The van der Waals surface area contributed by atoms with Gasteiger partial charge in [-0.25, -0.2) is 4.98 Å². The molecule has 0 saturated heterocycles. The van der Waals surface area contributed by atoms with E-state index in [0.717, 1.165) is 27.4 Å². The normalized spacial score (nSPS) is 12.0. The maximum Gasteiger partial charge on any atom is 0.253 e. The number of pyridine rings is 1. The lowest BCUT2D eigenvalue weighted by Gasteiger charge is -2.17. The van der Waals surface area contributed by atoms with Gasteiger partial charge in [0, 0.05) is 17.2 Å². The van der Waals surface area contributed by atoms with Crippen LogP contribution in [-0.2, 0) is 11.2 Å². The van der Waals surface area contributed by atoms with Gasteiger partial charge in [-0.1, -0.05) is 66.7 Å². The lowest BCUT2D eigenvalue weighted by atomic mass is 10.0. The Morgan fingerprint density at radius 1 is 0.821 bits per heavy atom. The first kappa shape index (κ1) is 17.7. The smallest absolute Gasteiger partial charge is 0.253 e. The van der Waals surface area contributed by atoms with Crippen LogP contribution < -0.4 is 11.1 Å². The Hall–Kier alpha value is -3.73. The number of carbonyl (C=O) groups excluding carboxylic acids is 2. The van der Waals surface area contributed by atoms with E-state index in [-0.39, 0.29) is 5.91 Å². The van der Waals surface area contributed by atoms with E-state index in [4.69, 9.17) is 5.73 Å². The monoisotopic (exact) mass is 369 g/mol. The number of primary amides is 1. The van der Waals surface area contributed by atoms with E-state index < -0.39 is 11.9 Å². The average molecular weight is 369 g/mol. The van der Waals surface area contributed by atoms with Gasteiger partial charge in [0.05, 0.1) is 16.6 Å². The molecule has 3 aromatic carbocycles. The standard InChI is InChI=1S/C23H19N3O2/c24-22(27)20(14-15-8-2-1-3-9-15)26-23(28)21-16-10-4-6-12-18(16)25-19-13-7-5-11-17(19)21/h1-13,20H,14H2,(H2,24,27)(H,26,28)/t20-/m1/s1. The van der Waals surface area contributed by atoms with Crippen molar-refractivity contribution in [2.75, 3.05) is 0 Å². The van der Waals surface area contributed by atoms with Crippen molar-refractivity contribution in [1.29, 1.82) is 0 Å².